The van der Waals surface area contributed by atoms with E-state index in [0.717, 1.165) is 46.9 Å². The molecule has 4 heteroatoms. The Morgan fingerprint density at radius 1 is 0.821 bits per heavy atom. The lowest BCUT2D eigenvalue weighted by molar-refractivity contribution is 0.231. The van der Waals surface area contributed by atoms with Crippen LogP contribution in [0.25, 0.3) is 11.1 Å². The van der Waals surface area contributed by atoms with Crippen molar-refractivity contribution < 1.29 is 14.0 Å². The first-order chi connectivity index (χ1) is 13.4. The summed E-state index contributed by atoms with van der Waals surface area (Å²) < 4.78 is 25.3. The molecule has 2 rings (SSSR count). The molecule has 0 spiro atoms. The van der Waals surface area contributed by atoms with Gasteiger partial charge in [-0.25, -0.2) is 0 Å². The van der Waals surface area contributed by atoms with Gasteiger partial charge in [0, 0.05) is 5.56 Å². The Kier molecular flexibility index (Phi) is 8.99. The van der Waals surface area contributed by atoms with E-state index in [2.05, 4.69) is 6.92 Å². The maximum absolute atomic E-state index is 13.1. The van der Waals surface area contributed by atoms with Crippen LogP contribution in [0.4, 0.5) is 0 Å². The minimum Gasteiger partial charge on any atom is -0.490 e. The van der Waals surface area contributed by atoms with Gasteiger partial charge >= 0.3 is 7.80 Å². The summed E-state index contributed by atoms with van der Waals surface area (Å²) >= 11 is 0. The molecule has 2 aromatic rings. The number of rotatable bonds is 11. The molecule has 0 radical (unpaired) electrons. The van der Waals surface area contributed by atoms with Crippen molar-refractivity contribution in [2.45, 2.75) is 72.5 Å². The van der Waals surface area contributed by atoms with Crippen molar-refractivity contribution in [3.63, 3.8) is 0 Å². The van der Waals surface area contributed by atoms with Crippen LogP contribution in [0.15, 0.2) is 42.5 Å². The zero-order valence-electron chi connectivity index (χ0n) is 17.9. The summed E-state index contributed by atoms with van der Waals surface area (Å²) in [7, 11) is -1.46. The van der Waals surface area contributed by atoms with E-state index in [1.165, 1.54) is 12.8 Å². The van der Waals surface area contributed by atoms with Gasteiger partial charge in [0.25, 0.3) is 0 Å². The summed E-state index contributed by atoms with van der Waals surface area (Å²) in [6.07, 6.45) is 5.32. The highest BCUT2D eigenvalue weighted by atomic mass is 31.1. The standard InChI is InChI=1S/C24H34O3P/c1-6-7-8-11-17-28(25)23-16-10-9-13-20(23)24-21(26-18(2)3)14-12-15-22(24)27-19(4)5/h9-10,12-16,18-19H,6-8,11,17H2,1-5H3/q+1. The molecule has 0 fully saturated rings. The van der Waals surface area contributed by atoms with Gasteiger partial charge in [0.2, 0.25) is 0 Å². The molecule has 2 aromatic carbocycles. The second-order valence-corrected chi connectivity index (χ2v) is 9.33. The Labute approximate surface area is 171 Å². The van der Waals surface area contributed by atoms with Gasteiger partial charge in [0.15, 0.2) is 11.5 Å². The summed E-state index contributed by atoms with van der Waals surface area (Å²) in [6.45, 7) is 10.2. The molecule has 0 aliphatic rings. The normalized spacial score (nSPS) is 11.8. The average molecular weight is 402 g/mol. The molecule has 1 unspecified atom stereocenters. The van der Waals surface area contributed by atoms with Gasteiger partial charge in [0.1, 0.15) is 11.5 Å². The zero-order chi connectivity index (χ0) is 20.5. The average Bonchev–Trinajstić information content (AvgIpc) is 2.64. The Morgan fingerprint density at radius 3 is 2.00 bits per heavy atom. The Hall–Kier alpha value is -1.86. The van der Waals surface area contributed by atoms with E-state index in [4.69, 9.17) is 9.47 Å². The molecule has 0 heterocycles. The molecule has 0 aliphatic carbocycles. The molecular formula is C24H34O3P+. The molecule has 1 atom stereocenters. The fraction of sp³-hybridized carbons (Fsp3) is 0.500. The SMILES string of the molecule is CCCCCC[P+](=O)c1ccccc1-c1c(OC(C)C)cccc1OC(C)C. The van der Waals surface area contributed by atoms with Gasteiger partial charge in [0.05, 0.1) is 17.8 Å². The zero-order valence-corrected chi connectivity index (χ0v) is 18.8. The lowest BCUT2D eigenvalue weighted by Crippen LogP contribution is -2.12. The molecule has 0 aromatic heterocycles. The third-order valence-electron chi connectivity index (χ3n) is 4.37. The van der Waals surface area contributed by atoms with E-state index >= 15 is 0 Å². The minimum atomic E-state index is -1.46. The van der Waals surface area contributed by atoms with E-state index in [0.29, 0.717) is 0 Å². The molecule has 28 heavy (non-hydrogen) atoms. The number of hydrogen-bond acceptors (Lipinski definition) is 3. The minimum absolute atomic E-state index is 0.0445. The largest absolute Gasteiger partial charge is 0.490 e. The Morgan fingerprint density at radius 2 is 1.43 bits per heavy atom. The van der Waals surface area contributed by atoms with Gasteiger partial charge in [-0.2, -0.15) is 0 Å². The molecule has 0 bridgehead atoms. The maximum Gasteiger partial charge on any atom is 0.377 e. The van der Waals surface area contributed by atoms with Crippen molar-refractivity contribution in [3.8, 4) is 22.6 Å². The van der Waals surface area contributed by atoms with Crippen LogP contribution in [0.5, 0.6) is 11.5 Å². The van der Waals surface area contributed by atoms with Crippen LogP contribution in [-0.4, -0.2) is 18.4 Å². The Bertz CT molecular complexity index is 740. The number of ether oxygens (including phenoxy) is 2. The van der Waals surface area contributed by atoms with Crippen molar-refractivity contribution in [2.24, 2.45) is 0 Å². The van der Waals surface area contributed by atoms with Crippen LogP contribution in [0.3, 0.4) is 0 Å². The van der Waals surface area contributed by atoms with E-state index in [1.807, 2.05) is 70.2 Å². The number of hydrogen-bond donors (Lipinski definition) is 0. The highest BCUT2D eigenvalue weighted by Gasteiger charge is 2.27. The second-order valence-electron chi connectivity index (χ2n) is 7.64. The fourth-order valence-electron chi connectivity index (χ4n) is 3.19. The molecule has 0 saturated carbocycles. The first kappa shape index (κ1) is 22.4. The van der Waals surface area contributed by atoms with Crippen LogP contribution >= 0.6 is 7.80 Å². The van der Waals surface area contributed by atoms with Crippen LogP contribution in [0.2, 0.25) is 0 Å². The highest BCUT2D eigenvalue weighted by molar-refractivity contribution is 7.53. The van der Waals surface area contributed by atoms with Gasteiger partial charge in [-0.05, 0) is 64.8 Å². The topological polar surface area (TPSA) is 35.5 Å². The quantitative estimate of drug-likeness (QED) is 0.301. The van der Waals surface area contributed by atoms with Crippen molar-refractivity contribution >= 4 is 13.1 Å². The van der Waals surface area contributed by atoms with E-state index in [1.54, 1.807) is 0 Å². The molecular weight excluding hydrogens is 367 g/mol. The summed E-state index contributed by atoms with van der Waals surface area (Å²) in [6, 6.07) is 13.9. The first-order valence-electron chi connectivity index (χ1n) is 10.4. The summed E-state index contributed by atoms with van der Waals surface area (Å²) in [4.78, 5) is 0. The first-order valence-corrected chi connectivity index (χ1v) is 11.9. The van der Waals surface area contributed by atoms with Crippen molar-refractivity contribution in [2.75, 3.05) is 6.16 Å². The molecule has 0 aliphatic heterocycles. The third kappa shape index (κ3) is 6.34. The molecule has 0 amide bonds. The highest BCUT2D eigenvalue weighted by Crippen LogP contribution is 2.41. The van der Waals surface area contributed by atoms with Gasteiger partial charge in [-0.15, -0.1) is 0 Å². The van der Waals surface area contributed by atoms with Gasteiger partial charge < -0.3 is 9.47 Å². The van der Waals surface area contributed by atoms with Gasteiger partial charge in [-0.1, -0.05) is 42.5 Å². The van der Waals surface area contributed by atoms with Crippen molar-refractivity contribution in [3.05, 3.63) is 42.5 Å². The van der Waals surface area contributed by atoms with E-state index in [-0.39, 0.29) is 12.2 Å². The predicted octanol–water partition coefficient (Wildman–Crippen LogP) is 6.96. The summed E-state index contributed by atoms with van der Waals surface area (Å²) in [5, 5.41) is 0.891. The van der Waals surface area contributed by atoms with Crippen LogP contribution in [0, 0.1) is 0 Å². The summed E-state index contributed by atoms with van der Waals surface area (Å²) in [5.74, 6) is 1.55. The number of unbranched alkanes of at least 4 members (excludes halogenated alkanes) is 3. The third-order valence-corrected chi connectivity index (χ3v) is 6.02. The molecule has 0 N–H and O–H groups in total. The number of benzene rings is 2. The molecule has 3 nitrogen and oxygen atoms in total. The maximum atomic E-state index is 13.1. The van der Waals surface area contributed by atoms with Crippen molar-refractivity contribution in [1.82, 2.24) is 0 Å². The van der Waals surface area contributed by atoms with Crippen molar-refractivity contribution in [1.29, 1.82) is 0 Å². The van der Waals surface area contributed by atoms with E-state index in [9.17, 15) is 4.57 Å². The lowest BCUT2D eigenvalue weighted by Gasteiger charge is -2.19. The van der Waals surface area contributed by atoms with Gasteiger partial charge in [-0.3, -0.25) is 0 Å². The second kappa shape index (κ2) is 11.2. The van der Waals surface area contributed by atoms with E-state index < -0.39 is 7.80 Å². The van der Waals surface area contributed by atoms with Crippen LogP contribution in [-0.2, 0) is 4.57 Å². The van der Waals surface area contributed by atoms with Crippen LogP contribution < -0.4 is 14.8 Å². The lowest BCUT2D eigenvalue weighted by atomic mass is 10.0. The monoisotopic (exact) mass is 401 g/mol. The Balaban J connectivity index is 2.47. The molecule has 152 valence electrons. The fourth-order valence-corrected chi connectivity index (χ4v) is 4.64. The summed E-state index contributed by atoms with van der Waals surface area (Å²) in [5.41, 5.74) is 1.85. The van der Waals surface area contributed by atoms with Crippen LogP contribution in [0.1, 0.15) is 60.3 Å². The smallest absolute Gasteiger partial charge is 0.377 e. The molecule has 0 saturated heterocycles. The predicted molar refractivity (Wildman–Crippen MR) is 120 cm³/mol.